The van der Waals surface area contributed by atoms with Crippen molar-refractivity contribution in [2.45, 2.75) is 4.83 Å². The predicted octanol–water partition coefficient (Wildman–Crippen LogP) is 3.29. The molecule has 0 spiro atoms. The fraction of sp³-hybridized carbons (Fsp3) is 0.333. The van der Waals surface area contributed by atoms with Crippen LogP contribution < -0.4 is 0 Å². The first-order valence-electron chi connectivity index (χ1n) is 2.54. The van der Waals surface area contributed by atoms with Gasteiger partial charge in [-0.25, -0.2) is 0 Å². The minimum atomic E-state index is 0.496. The van der Waals surface area contributed by atoms with Gasteiger partial charge in [0.25, 0.3) is 0 Å². The van der Waals surface area contributed by atoms with Crippen molar-refractivity contribution in [1.29, 1.82) is 0 Å². The van der Waals surface area contributed by atoms with Crippen molar-refractivity contribution in [3.63, 3.8) is 0 Å². The summed E-state index contributed by atoms with van der Waals surface area (Å²) in [6.45, 7) is 3.70. The molecule has 9 heavy (non-hydrogen) atoms. The molecule has 0 aliphatic carbocycles. The Labute approximate surface area is 76.0 Å². The van der Waals surface area contributed by atoms with Gasteiger partial charge in [-0.15, -0.1) is 11.8 Å². The van der Waals surface area contributed by atoms with Crippen molar-refractivity contribution >= 4 is 43.6 Å². The molecule has 1 atom stereocenters. The SMILES string of the molecule is C=CC1=C(Br)C(Br)CS1. The van der Waals surface area contributed by atoms with Crippen molar-refractivity contribution in [2.24, 2.45) is 0 Å². The van der Waals surface area contributed by atoms with E-state index in [0.29, 0.717) is 4.83 Å². The zero-order valence-electron chi connectivity index (χ0n) is 4.73. The molecule has 0 fully saturated rings. The maximum Gasteiger partial charge on any atom is 0.0566 e. The van der Waals surface area contributed by atoms with E-state index in [2.05, 4.69) is 38.4 Å². The lowest BCUT2D eigenvalue weighted by molar-refractivity contribution is 1.31. The summed E-state index contributed by atoms with van der Waals surface area (Å²) in [6.07, 6.45) is 1.88. The first-order chi connectivity index (χ1) is 4.25. The van der Waals surface area contributed by atoms with Gasteiger partial charge in [0.15, 0.2) is 0 Å². The van der Waals surface area contributed by atoms with Crippen molar-refractivity contribution in [3.8, 4) is 0 Å². The van der Waals surface area contributed by atoms with E-state index in [1.54, 1.807) is 0 Å². The normalized spacial score (nSPS) is 27.1. The van der Waals surface area contributed by atoms with Gasteiger partial charge in [0.2, 0.25) is 0 Å². The summed E-state index contributed by atoms with van der Waals surface area (Å²) < 4.78 is 1.24. The van der Waals surface area contributed by atoms with E-state index in [1.807, 2.05) is 17.8 Å². The third kappa shape index (κ3) is 1.63. The Bertz CT molecular complexity index is 162. The lowest BCUT2D eigenvalue weighted by Gasteiger charge is -1.94. The van der Waals surface area contributed by atoms with Crippen LogP contribution in [-0.2, 0) is 0 Å². The number of rotatable bonds is 1. The fourth-order valence-electron chi connectivity index (χ4n) is 0.616. The lowest BCUT2D eigenvalue weighted by atomic mass is 10.4. The van der Waals surface area contributed by atoms with Crippen LogP contribution >= 0.6 is 43.6 Å². The number of hydrogen-bond acceptors (Lipinski definition) is 1. The summed E-state index contributed by atoms with van der Waals surface area (Å²) in [5.74, 6) is 1.11. The van der Waals surface area contributed by atoms with Gasteiger partial charge in [-0.2, -0.15) is 0 Å². The van der Waals surface area contributed by atoms with Gasteiger partial charge in [0, 0.05) is 15.1 Å². The second kappa shape index (κ2) is 3.26. The Morgan fingerprint density at radius 1 is 1.78 bits per heavy atom. The minimum absolute atomic E-state index is 0.496. The van der Waals surface area contributed by atoms with Crippen LogP contribution in [0.25, 0.3) is 0 Å². The molecule has 0 amide bonds. The van der Waals surface area contributed by atoms with Gasteiger partial charge in [0.05, 0.1) is 4.83 Å². The standard InChI is InChI=1S/C6H6Br2S/c1-2-5-6(8)4(7)3-9-5/h2,4H,1,3H2. The second-order valence-corrected chi connectivity index (χ2v) is 4.72. The molecular formula is C6H6Br2S. The van der Waals surface area contributed by atoms with E-state index in [0.717, 1.165) is 5.75 Å². The molecule has 0 aromatic rings. The maximum atomic E-state index is 3.70. The van der Waals surface area contributed by atoms with Gasteiger partial charge < -0.3 is 0 Å². The molecule has 0 saturated heterocycles. The highest BCUT2D eigenvalue weighted by atomic mass is 79.9. The molecule has 1 unspecified atom stereocenters. The number of hydrogen-bond donors (Lipinski definition) is 0. The highest BCUT2D eigenvalue weighted by molar-refractivity contribution is 9.14. The number of alkyl halides is 1. The average Bonchev–Trinajstić information content (AvgIpc) is 2.15. The average molecular weight is 270 g/mol. The van der Waals surface area contributed by atoms with E-state index < -0.39 is 0 Å². The molecule has 0 aromatic carbocycles. The quantitative estimate of drug-likeness (QED) is 0.659. The maximum absolute atomic E-state index is 3.70. The van der Waals surface area contributed by atoms with Crippen LogP contribution in [0.15, 0.2) is 22.0 Å². The monoisotopic (exact) mass is 268 g/mol. The largest absolute Gasteiger partial charge is 0.124 e. The Kier molecular flexibility index (Phi) is 2.86. The molecule has 50 valence electrons. The van der Waals surface area contributed by atoms with Crippen molar-refractivity contribution in [2.75, 3.05) is 5.75 Å². The van der Waals surface area contributed by atoms with E-state index in [4.69, 9.17) is 0 Å². The molecule has 0 aromatic heterocycles. The van der Waals surface area contributed by atoms with Crippen LogP contribution in [0.2, 0.25) is 0 Å². The summed E-state index contributed by atoms with van der Waals surface area (Å²) in [7, 11) is 0. The van der Waals surface area contributed by atoms with Crippen molar-refractivity contribution in [3.05, 3.63) is 22.0 Å². The number of halogens is 2. The van der Waals surface area contributed by atoms with Crippen LogP contribution in [0.1, 0.15) is 0 Å². The number of thioether (sulfide) groups is 1. The van der Waals surface area contributed by atoms with Crippen LogP contribution in [0.5, 0.6) is 0 Å². The highest BCUT2D eigenvalue weighted by Crippen LogP contribution is 2.39. The van der Waals surface area contributed by atoms with Gasteiger partial charge in [-0.1, -0.05) is 44.5 Å². The van der Waals surface area contributed by atoms with Crippen LogP contribution in [-0.4, -0.2) is 10.6 Å². The predicted molar refractivity (Wildman–Crippen MR) is 51.3 cm³/mol. The zero-order chi connectivity index (χ0) is 6.85. The molecule has 1 aliphatic rings. The van der Waals surface area contributed by atoms with E-state index in [-0.39, 0.29) is 0 Å². The minimum Gasteiger partial charge on any atom is -0.124 e. The summed E-state index contributed by atoms with van der Waals surface area (Å²) >= 11 is 8.81. The smallest absolute Gasteiger partial charge is 0.0566 e. The van der Waals surface area contributed by atoms with Gasteiger partial charge in [0.1, 0.15) is 0 Å². The molecule has 1 aliphatic heterocycles. The summed E-state index contributed by atoms with van der Waals surface area (Å²) in [5, 5.41) is 0. The third-order valence-corrected chi connectivity index (χ3v) is 5.35. The molecular weight excluding hydrogens is 264 g/mol. The van der Waals surface area contributed by atoms with Crippen molar-refractivity contribution < 1.29 is 0 Å². The van der Waals surface area contributed by atoms with E-state index in [9.17, 15) is 0 Å². The Morgan fingerprint density at radius 3 is 2.67 bits per heavy atom. The fourth-order valence-corrected chi connectivity index (χ4v) is 3.18. The van der Waals surface area contributed by atoms with E-state index in [1.165, 1.54) is 9.39 Å². The first kappa shape index (κ1) is 7.89. The second-order valence-electron chi connectivity index (χ2n) is 1.69. The third-order valence-electron chi connectivity index (χ3n) is 1.08. The van der Waals surface area contributed by atoms with Crippen LogP contribution in [0.4, 0.5) is 0 Å². The molecule has 1 rings (SSSR count). The van der Waals surface area contributed by atoms with Crippen LogP contribution in [0.3, 0.4) is 0 Å². The summed E-state index contributed by atoms with van der Waals surface area (Å²) in [6, 6.07) is 0. The van der Waals surface area contributed by atoms with E-state index >= 15 is 0 Å². The molecule has 0 radical (unpaired) electrons. The molecule has 0 bridgehead atoms. The molecule has 0 nitrogen and oxygen atoms in total. The summed E-state index contributed by atoms with van der Waals surface area (Å²) in [4.78, 5) is 1.76. The highest BCUT2D eigenvalue weighted by Gasteiger charge is 2.19. The topological polar surface area (TPSA) is 0 Å². The Hall–Kier alpha value is 0.790. The van der Waals surface area contributed by atoms with Crippen molar-refractivity contribution in [1.82, 2.24) is 0 Å². The summed E-state index contributed by atoms with van der Waals surface area (Å²) in [5.41, 5.74) is 0. The zero-order valence-corrected chi connectivity index (χ0v) is 8.72. The lowest BCUT2D eigenvalue weighted by Crippen LogP contribution is -1.92. The Morgan fingerprint density at radius 2 is 2.44 bits per heavy atom. The molecule has 0 N–H and O–H groups in total. The van der Waals surface area contributed by atoms with Gasteiger partial charge in [-0.05, 0) is 0 Å². The van der Waals surface area contributed by atoms with Crippen LogP contribution in [0, 0.1) is 0 Å². The molecule has 3 heteroatoms. The molecule has 1 heterocycles. The molecule has 0 saturated carbocycles. The van der Waals surface area contributed by atoms with Gasteiger partial charge >= 0.3 is 0 Å². The first-order valence-corrected chi connectivity index (χ1v) is 5.24. The number of allylic oxidation sites excluding steroid dienone is 2. The Balaban J connectivity index is 2.79. The van der Waals surface area contributed by atoms with Gasteiger partial charge in [-0.3, -0.25) is 0 Å².